The Morgan fingerprint density at radius 1 is 1.46 bits per heavy atom. The summed E-state index contributed by atoms with van der Waals surface area (Å²) in [6.45, 7) is 0. The van der Waals surface area contributed by atoms with Gasteiger partial charge in [0, 0.05) is 5.75 Å². The van der Waals surface area contributed by atoms with Crippen molar-refractivity contribution in [1.29, 1.82) is 0 Å². The summed E-state index contributed by atoms with van der Waals surface area (Å²) in [5.74, 6) is 1.06. The van der Waals surface area contributed by atoms with E-state index in [0.717, 1.165) is 5.75 Å². The van der Waals surface area contributed by atoms with Crippen LogP contribution in [0.2, 0.25) is 0 Å². The zero-order chi connectivity index (χ0) is 9.10. The Kier molecular flexibility index (Phi) is 2.54. The van der Waals surface area contributed by atoms with Gasteiger partial charge in [0.25, 0.3) is 0 Å². The summed E-state index contributed by atoms with van der Waals surface area (Å²) in [5, 5.41) is 4.13. The highest BCUT2D eigenvalue weighted by molar-refractivity contribution is 7.98. The Labute approximate surface area is 82.4 Å². The Balaban J connectivity index is 2.32. The summed E-state index contributed by atoms with van der Waals surface area (Å²) in [5.41, 5.74) is 5.71. The molecule has 0 bridgehead atoms. The number of thioether (sulfide) groups is 1. The summed E-state index contributed by atoms with van der Waals surface area (Å²) < 4.78 is 0. The first-order chi connectivity index (χ1) is 6.42. The second kappa shape index (κ2) is 3.83. The average Bonchev–Trinajstić information content (AvgIpc) is 2.19. The maximum absolute atomic E-state index is 4.13. The molecule has 68 valence electrons. The van der Waals surface area contributed by atoms with Gasteiger partial charge in [0.05, 0.1) is 12.3 Å². The lowest BCUT2D eigenvalue weighted by atomic mass is 10.0. The van der Waals surface area contributed by atoms with Crippen molar-refractivity contribution in [2.24, 2.45) is 5.10 Å². The Hall–Kier alpha value is -0.960. The molecule has 1 aromatic carbocycles. The van der Waals surface area contributed by atoms with Crippen LogP contribution in [0, 0.1) is 0 Å². The SMILES string of the molecule is CSCC1NN=Cc2ccccc21. The summed E-state index contributed by atoms with van der Waals surface area (Å²) in [6.07, 6.45) is 3.99. The van der Waals surface area contributed by atoms with Gasteiger partial charge in [0.15, 0.2) is 0 Å². The standard InChI is InChI=1S/C10H12N2S/c1-13-7-10-9-5-3-2-4-8(9)6-11-12-10/h2-6,10,12H,7H2,1H3. The number of hydrogen-bond donors (Lipinski definition) is 1. The quantitative estimate of drug-likeness (QED) is 0.775. The molecular formula is C10H12N2S. The maximum atomic E-state index is 4.13. The van der Waals surface area contributed by atoms with E-state index in [2.05, 4.69) is 35.0 Å². The smallest absolute Gasteiger partial charge is 0.0786 e. The molecule has 1 aliphatic rings. The van der Waals surface area contributed by atoms with Gasteiger partial charge < -0.3 is 5.43 Å². The van der Waals surface area contributed by atoms with Crippen molar-refractivity contribution in [2.75, 3.05) is 12.0 Å². The molecule has 1 unspecified atom stereocenters. The second-order valence-corrected chi connectivity index (χ2v) is 3.93. The fraction of sp³-hybridized carbons (Fsp3) is 0.300. The minimum absolute atomic E-state index is 0.371. The van der Waals surface area contributed by atoms with Crippen LogP contribution in [0.25, 0.3) is 0 Å². The van der Waals surface area contributed by atoms with Crippen LogP contribution in [0.5, 0.6) is 0 Å². The van der Waals surface area contributed by atoms with Crippen LogP contribution in [-0.2, 0) is 0 Å². The topological polar surface area (TPSA) is 24.4 Å². The number of hydrazone groups is 1. The largest absolute Gasteiger partial charge is 0.302 e. The minimum Gasteiger partial charge on any atom is -0.302 e. The molecule has 13 heavy (non-hydrogen) atoms. The maximum Gasteiger partial charge on any atom is 0.0786 e. The lowest BCUT2D eigenvalue weighted by Gasteiger charge is -2.21. The first-order valence-corrected chi connectivity index (χ1v) is 5.67. The summed E-state index contributed by atoms with van der Waals surface area (Å²) in [4.78, 5) is 0. The lowest BCUT2D eigenvalue weighted by molar-refractivity contribution is 0.606. The fourth-order valence-corrected chi connectivity index (χ4v) is 2.09. The van der Waals surface area contributed by atoms with E-state index in [4.69, 9.17) is 0 Å². The molecule has 0 aromatic heterocycles. The van der Waals surface area contributed by atoms with Gasteiger partial charge in [0.2, 0.25) is 0 Å². The summed E-state index contributed by atoms with van der Waals surface area (Å²) in [7, 11) is 0. The predicted molar refractivity (Wildman–Crippen MR) is 58.3 cm³/mol. The predicted octanol–water partition coefficient (Wildman–Crippen LogP) is 2.03. The Morgan fingerprint density at radius 3 is 3.15 bits per heavy atom. The van der Waals surface area contributed by atoms with E-state index >= 15 is 0 Å². The highest BCUT2D eigenvalue weighted by Crippen LogP contribution is 2.22. The molecule has 0 fully saturated rings. The molecule has 2 rings (SSSR count). The van der Waals surface area contributed by atoms with Gasteiger partial charge in [-0.1, -0.05) is 24.3 Å². The van der Waals surface area contributed by atoms with E-state index < -0.39 is 0 Å². The zero-order valence-corrected chi connectivity index (χ0v) is 8.34. The number of nitrogens with one attached hydrogen (secondary N) is 1. The average molecular weight is 192 g/mol. The van der Waals surface area contributed by atoms with Crippen LogP contribution < -0.4 is 5.43 Å². The first-order valence-electron chi connectivity index (χ1n) is 4.28. The van der Waals surface area contributed by atoms with E-state index in [9.17, 15) is 0 Å². The van der Waals surface area contributed by atoms with E-state index in [1.54, 1.807) is 0 Å². The molecule has 0 saturated heterocycles. The van der Waals surface area contributed by atoms with Gasteiger partial charge in [-0.2, -0.15) is 16.9 Å². The van der Waals surface area contributed by atoms with Crippen molar-refractivity contribution < 1.29 is 0 Å². The van der Waals surface area contributed by atoms with Crippen molar-refractivity contribution in [3.05, 3.63) is 35.4 Å². The lowest BCUT2D eigenvalue weighted by Crippen LogP contribution is -2.23. The van der Waals surface area contributed by atoms with Gasteiger partial charge in [-0.3, -0.25) is 0 Å². The van der Waals surface area contributed by atoms with Crippen molar-refractivity contribution in [2.45, 2.75) is 6.04 Å². The fourth-order valence-electron chi connectivity index (χ4n) is 1.51. The van der Waals surface area contributed by atoms with Crippen molar-refractivity contribution in [1.82, 2.24) is 5.43 Å². The minimum atomic E-state index is 0.371. The van der Waals surface area contributed by atoms with E-state index in [-0.39, 0.29) is 0 Å². The zero-order valence-electron chi connectivity index (χ0n) is 7.53. The van der Waals surface area contributed by atoms with Gasteiger partial charge in [-0.25, -0.2) is 0 Å². The van der Waals surface area contributed by atoms with E-state index in [1.165, 1.54) is 11.1 Å². The van der Waals surface area contributed by atoms with Crippen LogP contribution in [0.1, 0.15) is 17.2 Å². The molecule has 1 atom stereocenters. The Morgan fingerprint density at radius 2 is 2.31 bits per heavy atom. The number of hydrogen-bond acceptors (Lipinski definition) is 3. The van der Waals surface area contributed by atoms with Gasteiger partial charge in [-0.05, 0) is 17.4 Å². The number of nitrogens with zero attached hydrogens (tertiary/aromatic N) is 1. The normalized spacial score (nSPS) is 19.3. The number of fused-ring (bicyclic) bond motifs is 1. The molecule has 0 radical (unpaired) electrons. The molecule has 1 N–H and O–H groups in total. The molecule has 0 aliphatic carbocycles. The third-order valence-corrected chi connectivity index (χ3v) is 2.81. The molecule has 1 heterocycles. The third-order valence-electron chi connectivity index (χ3n) is 2.14. The Bertz CT molecular complexity index is 322. The van der Waals surface area contributed by atoms with Crippen molar-refractivity contribution in [3.63, 3.8) is 0 Å². The van der Waals surface area contributed by atoms with Gasteiger partial charge >= 0.3 is 0 Å². The van der Waals surface area contributed by atoms with Crippen LogP contribution in [0.4, 0.5) is 0 Å². The van der Waals surface area contributed by atoms with Crippen LogP contribution >= 0.6 is 11.8 Å². The summed E-state index contributed by atoms with van der Waals surface area (Å²) in [6, 6.07) is 8.76. The molecule has 0 saturated carbocycles. The molecule has 1 aliphatic heterocycles. The molecule has 3 heteroatoms. The molecule has 1 aromatic rings. The van der Waals surface area contributed by atoms with E-state index in [0.29, 0.717) is 6.04 Å². The molecule has 2 nitrogen and oxygen atoms in total. The highest BCUT2D eigenvalue weighted by atomic mass is 32.2. The molecule has 0 amide bonds. The van der Waals surface area contributed by atoms with Crippen molar-refractivity contribution in [3.8, 4) is 0 Å². The second-order valence-electron chi connectivity index (χ2n) is 3.02. The first kappa shape index (κ1) is 8.63. The highest BCUT2D eigenvalue weighted by Gasteiger charge is 2.15. The van der Waals surface area contributed by atoms with Crippen LogP contribution in [0.15, 0.2) is 29.4 Å². The van der Waals surface area contributed by atoms with Crippen LogP contribution in [-0.4, -0.2) is 18.2 Å². The van der Waals surface area contributed by atoms with E-state index in [1.807, 2.05) is 24.0 Å². The van der Waals surface area contributed by atoms with Gasteiger partial charge in [-0.15, -0.1) is 0 Å². The number of rotatable bonds is 2. The van der Waals surface area contributed by atoms with Crippen LogP contribution in [0.3, 0.4) is 0 Å². The van der Waals surface area contributed by atoms with Gasteiger partial charge in [0.1, 0.15) is 0 Å². The monoisotopic (exact) mass is 192 g/mol. The molecule has 0 spiro atoms. The molecular weight excluding hydrogens is 180 g/mol. The van der Waals surface area contributed by atoms with Crippen molar-refractivity contribution >= 4 is 18.0 Å². The third kappa shape index (κ3) is 1.70. The summed E-state index contributed by atoms with van der Waals surface area (Å²) >= 11 is 1.84. The number of benzene rings is 1.